The van der Waals surface area contributed by atoms with E-state index in [-0.39, 0.29) is 11.6 Å². The number of amides is 1. The highest BCUT2D eigenvalue weighted by Gasteiger charge is 2.30. The molecule has 1 amide bonds. The molecule has 1 aromatic heterocycles. The maximum absolute atomic E-state index is 12.6. The second-order valence-electron chi connectivity index (χ2n) is 6.42. The molecule has 0 fully saturated rings. The topological polar surface area (TPSA) is 72.7 Å². The van der Waals surface area contributed by atoms with E-state index in [0.717, 1.165) is 40.7 Å². The monoisotopic (exact) mass is 421 g/mol. The van der Waals surface area contributed by atoms with E-state index in [2.05, 4.69) is 20.8 Å². The highest BCUT2D eigenvalue weighted by atomic mass is 32.2. The molecule has 3 rings (SSSR count). The van der Waals surface area contributed by atoms with E-state index in [1.807, 2.05) is 32.0 Å². The summed E-state index contributed by atoms with van der Waals surface area (Å²) in [7, 11) is 0. The molecular weight excluding hydrogens is 403 g/mol. The zero-order chi connectivity index (χ0) is 21.2. The van der Waals surface area contributed by atoms with Crippen molar-refractivity contribution in [3.05, 3.63) is 59.2 Å². The number of alkyl halides is 3. The van der Waals surface area contributed by atoms with Gasteiger partial charge in [0.1, 0.15) is 0 Å². The van der Waals surface area contributed by atoms with Crippen LogP contribution in [0.15, 0.2) is 47.6 Å². The molecule has 0 bridgehead atoms. The molecule has 6 nitrogen and oxygen atoms in total. The molecule has 2 aromatic carbocycles. The molecule has 1 atom stereocenters. The zero-order valence-electron chi connectivity index (χ0n) is 15.9. The van der Waals surface area contributed by atoms with Gasteiger partial charge in [-0.25, -0.2) is 0 Å². The van der Waals surface area contributed by atoms with Crippen molar-refractivity contribution in [2.75, 3.05) is 5.32 Å². The van der Waals surface area contributed by atoms with Gasteiger partial charge in [-0.3, -0.25) is 4.79 Å². The van der Waals surface area contributed by atoms with E-state index < -0.39 is 17.0 Å². The molecule has 0 aliphatic heterocycles. The first-order valence-corrected chi connectivity index (χ1v) is 9.54. The van der Waals surface area contributed by atoms with E-state index >= 15 is 0 Å². The van der Waals surface area contributed by atoms with Crippen LogP contribution in [0, 0.1) is 13.8 Å². The lowest BCUT2D eigenvalue weighted by Crippen LogP contribution is -2.23. The Balaban J connectivity index is 1.71. The van der Waals surface area contributed by atoms with Crippen LogP contribution in [0.3, 0.4) is 0 Å². The van der Waals surface area contributed by atoms with Crippen LogP contribution < -0.4 is 5.32 Å². The fraction of sp³-hybridized carbons (Fsp3) is 0.263. The molecule has 10 heteroatoms. The first-order valence-electron chi connectivity index (χ1n) is 8.66. The van der Waals surface area contributed by atoms with Gasteiger partial charge >= 0.3 is 6.18 Å². The van der Waals surface area contributed by atoms with Gasteiger partial charge in [-0.15, -0.1) is 5.10 Å². The minimum absolute atomic E-state index is 0.282. The average molecular weight is 421 g/mol. The molecule has 0 saturated carbocycles. The Bertz CT molecular complexity index is 1020. The van der Waals surface area contributed by atoms with Crippen molar-refractivity contribution in [3.8, 4) is 5.69 Å². The third kappa shape index (κ3) is 4.76. The fourth-order valence-corrected chi connectivity index (χ4v) is 3.37. The number of hydrogen-bond donors (Lipinski definition) is 1. The summed E-state index contributed by atoms with van der Waals surface area (Å²) < 4.78 is 39.5. The van der Waals surface area contributed by atoms with Crippen LogP contribution in [0.5, 0.6) is 0 Å². The molecule has 0 radical (unpaired) electrons. The maximum atomic E-state index is 12.6. The predicted molar refractivity (Wildman–Crippen MR) is 104 cm³/mol. The Hall–Kier alpha value is -2.88. The standard InChI is InChI=1S/C19H18F3N5OS/c1-11-5-4-6-16(12(11)2)27-18(24-25-26-27)29-13(3)17(28)23-15-9-7-14(8-10-15)19(20,21)22/h4-10,13H,1-3H3,(H,23,28). The van der Waals surface area contributed by atoms with Gasteiger partial charge in [-0.05, 0) is 72.7 Å². The van der Waals surface area contributed by atoms with Gasteiger partial charge in [0.2, 0.25) is 11.1 Å². The van der Waals surface area contributed by atoms with Crippen LogP contribution in [-0.4, -0.2) is 31.4 Å². The van der Waals surface area contributed by atoms with Gasteiger partial charge in [0.15, 0.2) is 0 Å². The Morgan fingerprint density at radius 3 is 2.48 bits per heavy atom. The van der Waals surface area contributed by atoms with Gasteiger partial charge in [-0.1, -0.05) is 23.9 Å². The highest BCUT2D eigenvalue weighted by Crippen LogP contribution is 2.30. The van der Waals surface area contributed by atoms with Crippen molar-refractivity contribution >= 4 is 23.4 Å². The number of tetrazole rings is 1. The van der Waals surface area contributed by atoms with Crippen molar-refractivity contribution in [2.45, 2.75) is 37.4 Å². The number of anilines is 1. The van der Waals surface area contributed by atoms with Crippen LogP contribution in [-0.2, 0) is 11.0 Å². The molecule has 0 saturated heterocycles. The quantitative estimate of drug-likeness (QED) is 0.618. The number of nitrogens with one attached hydrogen (secondary N) is 1. The SMILES string of the molecule is Cc1cccc(-n2nnnc2SC(C)C(=O)Nc2ccc(C(F)(F)F)cc2)c1C. The van der Waals surface area contributed by atoms with Gasteiger partial charge in [-0.2, -0.15) is 17.9 Å². The minimum Gasteiger partial charge on any atom is -0.325 e. The number of halogens is 3. The molecule has 152 valence electrons. The molecule has 0 aliphatic carbocycles. The van der Waals surface area contributed by atoms with Crippen LogP contribution in [0.2, 0.25) is 0 Å². The number of benzene rings is 2. The summed E-state index contributed by atoms with van der Waals surface area (Å²) in [4.78, 5) is 12.5. The highest BCUT2D eigenvalue weighted by molar-refractivity contribution is 8.00. The summed E-state index contributed by atoms with van der Waals surface area (Å²) in [5.41, 5.74) is 2.42. The first-order chi connectivity index (χ1) is 13.7. The lowest BCUT2D eigenvalue weighted by molar-refractivity contribution is -0.137. The summed E-state index contributed by atoms with van der Waals surface area (Å²) >= 11 is 1.16. The van der Waals surface area contributed by atoms with Crippen molar-refractivity contribution in [2.24, 2.45) is 0 Å². The summed E-state index contributed by atoms with van der Waals surface area (Å²) in [6.07, 6.45) is -4.42. The Labute approximate surface area is 169 Å². The number of nitrogens with zero attached hydrogens (tertiary/aromatic N) is 4. The molecule has 1 unspecified atom stereocenters. The normalized spacial score (nSPS) is 12.6. The Kier molecular flexibility index (Phi) is 5.92. The smallest absolute Gasteiger partial charge is 0.325 e. The van der Waals surface area contributed by atoms with Crippen LogP contribution in [0.4, 0.5) is 18.9 Å². The number of thioether (sulfide) groups is 1. The van der Waals surface area contributed by atoms with E-state index in [4.69, 9.17) is 0 Å². The Morgan fingerprint density at radius 2 is 1.83 bits per heavy atom. The third-order valence-electron chi connectivity index (χ3n) is 4.38. The zero-order valence-corrected chi connectivity index (χ0v) is 16.7. The number of carbonyl (C=O) groups is 1. The molecule has 3 aromatic rings. The number of rotatable bonds is 5. The number of hydrogen-bond acceptors (Lipinski definition) is 5. The van der Waals surface area contributed by atoms with Crippen molar-refractivity contribution in [3.63, 3.8) is 0 Å². The summed E-state index contributed by atoms with van der Waals surface area (Å²) in [6.45, 7) is 5.61. The average Bonchev–Trinajstić information content (AvgIpc) is 3.11. The molecular formula is C19H18F3N5OS. The van der Waals surface area contributed by atoms with E-state index in [1.165, 1.54) is 12.1 Å². The summed E-state index contributed by atoms with van der Waals surface area (Å²) in [5.74, 6) is -0.370. The van der Waals surface area contributed by atoms with Crippen molar-refractivity contribution < 1.29 is 18.0 Å². The van der Waals surface area contributed by atoms with E-state index in [0.29, 0.717) is 5.16 Å². The molecule has 1 N–H and O–H groups in total. The van der Waals surface area contributed by atoms with Gasteiger partial charge < -0.3 is 5.32 Å². The van der Waals surface area contributed by atoms with Gasteiger partial charge in [0, 0.05) is 5.69 Å². The number of aromatic nitrogens is 4. The van der Waals surface area contributed by atoms with Gasteiger partial charge in [0.25, 0.3) is 0 Å². The second-order valence-corrected chi connectivity index (χ2v) is 7.72. The lowest BCUT2D eigenvalue weighted by atomic mass is 10.1. The maximum Gasteiger partial charge on any atom is 0.416 e. The molecule has 0 aliphatic rings. The van der Waals surface area contributed by atoms with Crippen LogP contribution in [0.1, 0.15) is 23.6 Å². The van der Waals surface area contributed by atoms with Gasteiger partial charge in [0.05, 0.1) is 16.5 Å². The van der Waals surface area contributed by atoms with Crippen molar-refractivity contribution in [1.82, 2.24) is 20.2 Å². The second kappa shape index (κ2) is 8.24. The van der Waals surface area contributed by atoms with Crippen molar-refractivity contribution in [1.29, 1.82) is 0 Å². The fourth-order valence-electron chi connectivity index (χ4n) is 2.57. The first kappa shape index (κ1) is 20.8. The van der Waals surface area contributed by atoms with Crippen LogP contribution >= 0.6 is 11.8 Å². The summed E-state index contributed by atoms with van der Waals surface area (Å²) in [5, 5.41) is 14.2. The van der Waals surface area contributed by atoms with E-state index in [9.17, 15) is 18.0 Å². The lowest BCUT2D eigenvalue weighted by Gasteiger charge is -2.13. The summed E-state index contributed by atoms with van der Waals surface area (Å²) in [6, 6.07) is 10.1. The van der Waals surface area contributed by atoms with E-state index in [1.54, 1.807) is 11.6 Å². The Morgan fingerprint density at radius 1 is 1.14 bits per heavy atom. The number of aryl methyl sites for hydroxylation is 1. The van der Waals surface area contributed by atoms with Crippen LogP contribution in [0.25, 0.3) is 5.69 Å². The molecule has 1 heterocycles. The third-order valence-corrected chi connectivity index (χ3v) is 5.41. The molecule has 0 spiro atoms. The molecule has 29 heavy (non-hydrogen) atoms. The number of carbonyl (C=O) groups excluding carboxylic acids is 1. The predicted octanol–water partition coefficient (Wildman–Crippen LogP) is 4.42. The minimum atomic E-state index is -4.42. The largest absolute Gasteiger partial charge is 0.416 e.